The van der Waals surface area contributed by atoms with Gasteiger partial charge in [-0.3, -0.25) is 4.79 Å². The fourth-order valence-corrected chi connectivity index (χ4v) is 2.45. The monoisotopic (exact) mass is 335 g/mol. The highest BCUT2D eigenvalue weighted by Gasteiger charge is 2.19. The molecule has 2 heterocycles. The molecule has 1 aromatic carbocycles. The first-order valence-corrected chi connectivity index (χ1v) is 7.57. The van der Waals surface area contributed by atoms with E-state index in [-0.39, 0.29) is 10.9 Å². The van der Waals surface area contributed by atoms with Gasteiger partial charge in [0.1, 0.15) is 17.3 Å². The van der Waals surface area contributed by atoms with Crippen LogP contribution in [-0.4, -0.2) is 42.1 Å². The van der Waals surface area contributed by atoms with Crippen molar-refractivity contribution in [3.8, 4) is 0 Å². The van der Waals surface area contributed by atoms with Crippen LogP contribution in [0.2, 0.25) is 5.02 Å². The van der Waals surface area contributed by atoms with Crippen LogP contribution in [-0.2, 0) is 4.74 Å². The lowest BCUT2D eigenvalue weighted by atomic mass is 10.2. The third kappa shape index (κ3) is 3.78. The van der Waals surface area contributed by atoms with E-state index in [4.69, 9.17) is 16.3 Å². The van der Waals surface area contributed by atoms with E-state index in [1.54, 1.807) is 29.2 Å². The summed E-state index contributed by atoms with van der Waals surface area (Å²) in [6.07, 6.45) is 0. The standard InChI is InChI=1S/C16H15ClFN3O2/c17-12-10-11(4-5-13(12)18)19-15-3-1-2-14(20-15)16(22)21-6-8-23-9-7-21/h1-5,10H,6-9H2,(H,19,20). The highest BCUT2D eigenvalue weighted by atomic mass is 35.5. The van der Waals surface area contributed by atoms with Crippen LogP contribution in [0.3, 0.4) is 0 Å². The van der Waals surface area contributed by atoms with E-state index in [1.807, 2.05) is 0 Å². The van der Waals surface area contributed by atoms with Crippen LogP contribution in [0, 0.1) is 5.82 Å². The van der Waals surface area contributed by atoms with Crippen molar-refractivity contribution in [3.05, 3.63) is 52.9 Å². The summed E-state index contributed by atoms with van der Waals surface area (Å²) in [6.45, 7) is 2.20. The number of hydrogen-bond donors (Lipinski definition) is 1. The quantitative estimate of drug-likeness (QED) is 0.936. The predicted molar refractivity (Wildman–Crippen MR) is 85.7 cm³/mol. The fourth-order valence-electron chi connectivity index (χ4n) is 2.27. The minimum absolute atomic E-state index is 0.0237. The molecule has 0 radical (unpaired) electrons. The van der Waals surface area contributed by atoms with E-state index in [0.29, 0.717) is 43.5 Å². The predicted octanol–water partition coefficient (Wildman–Crippen LogP) is 3.09. The average molecular weight is 336 g/mol. The van der Waals surface area contributed by atoms with Crippen molar-refractivity contribution >= 4 is 29.0 Å². The molecule has 1 aliphatic rings. The minimum Gasteiger partial charge on any atom is -0.378 e. The van der Waals surface area contributed by atoms with Crippen molar-refractivity contribution in [1.29, 1.82) is 0 Å². The van der Waals surface area contributed by atoms with Crippen molar-refractivity contribution in [2.75, 3.05) is 31.6 Å². The maximum absolute atomic E-state index is 13.2. The highest BCUT2D eigenvalue weighted by molar-refractivity contribution is 6.31. The molecule has 1 fully saturated rings. The Labute approximate surface area is 138 Å². The van der Waals surface area contributed by atoms with Crippen LogP contribution in [0.25, 0.3) is 0 Å². The molecule has 7 heteroatoms. The van der Waals surface area contributed by atoms with Gasteiger partial charge >= 0.3 is 0 Å². The number of carbonyl (C=O) groups excluding carboxylic acids is 1. The summed E-state index contributed by atoms with van der Waals surface area (Å²) in [6, 6.07) is 9.43. The van der Waals surface area contributed by atoms with Crippen molar-refractivity contribution in [1.82, 2.24) is 9.88 Å². The smallest absolute Gasteiger partial charge is 0.272 e. The number of anilines is 2. The number of ether oxygens (including phenoxy) is 1. The number of benzene rings is 1. The van der Waals surface area contributed by atoms with Crippen LogP contribution >= 0.6 is 11.6 Å². The number of amides is 1. The minimum atomic E-state index is -0.485. The van der Waals surface area contributed by atoms with Gasteiger partial charge in [-0.25, -0.2) is 9.37 Å². The Hall–Kier alpha value is -2.18. The van der Waals surface area contributed by atoms with Gasteiger partial charge in [-0.15, -0.1) is 0 Å². The van der Waals surface area contributed by atoms with Gasteiger partial charge in [0.15, 0.2) is 0 Å². The molecule has 23 heavy (non-hydrogen) atoms. The molecule has 0 saturated carbocycles. The van der Waals surface area contributed by atoms with Gasteiger partial charge in [-0.1, -0.05) is 17.7 Å². The van der Waals surface area contributed by atoms with Gasteiger partial charge in [0.2, 0.25) is 0 Å². The molecule has 1 N–H and O–H groups in total. The molecule has 0 unspecified atom stereocenters. The lowest BCUT2D eigenvalue weighted by Crippen LogP contribution is -2.41. The summed E-state index contributed by atoms with van der Waals surface area (Å²) in [4.78, 5) is 18.4. The highest BCUT2D eigenvalue weighted by Crippen LogP contribution is 2.22. The van der Waals surface area contributed by atoms with E-state index in [1.165, 1.54) is 12.1 Å². The molecule has 0 atom stereocenters. The Kier molecular flexibility index (Phi) is 4.73. The van der Waals surface area contributed by atoms with Crippen molar-refractivity contribution in [3.63, 3.8) is 0 Å². The van der Waals surface area contributed by atoms with Gasteiger partial charge in [0.05, 0.1) is 18.2 Å². The number of rotatable bonds is 3. The zero-order valence-corrected chi connectivity index (χ0v) is 13.0. The third-order valence-corrected chi connectivity index (χ3v) is 3.75. The molecule has 1 amide bonds. The Morgan fingerprint density at radius 3 is 2.78 bits per heavy atom. The van der Waals surface area contributed by atoms with Gasteiger partial charge in [-0.05, 0) is 30.3 Å². The summed E-state index contributed by atoms with van der Waals surface area (Å²) >= 11 is 5.76. The molecule has 1 aromatic heterocycles. The molecule has 1 aliphatic heterocycles. The van der Waals surface area contributed by atoms with Gasteiger partial charge in [-0.2, -0.15) is 0 Å². The Bertz CT molecular complexity index is 720. The van der Waals surface area contributed by atoms with Crippen molar-refractivity contribution in [2.24, 2.45) is 0 Å². The van der Waals surface area contributed by atoms with Gasteiger partial charge in [0, 0.05) is 18.8 Å². The van der Waals surface area contributed by atoms with E-state index in [2.05, 4.69) is 10.3 Å². The normalized spacial score (nSPS) is 14.6. The summed E-state index contributed by atoms with van der Waals surface area (Å²) in [7, 11) is 0. The molecular formula is C16H15ClFN3O2. The van der Waals surface area contributed by atoms with E-state index in [0.717, 1.165) is 0 Å². The van der Waals surface area contributed by atoms with Crippen molar-refractivity contribution < 1.29 is 13.9 Å². The Morgan fingerprint density at radius 1 is 1.26 bits per heavy atom. The van der Waals surface area contributed by atoms with Crippen LogP contribution < -0.4 is 5.32 Å². The second-order valence-corrected chi connectivity index (χ2v) is 5.47. The van der Waals surface area contributed by atoms with Crippen LogP contribution in [0.4, 0.5) is 15.9 Å². The number of nitrogens with zero attached hydrogens (tertiary/aromatic N) is 2. The molecule has 3 rings (SSSR count). The Morgan fingerprint density at radius 2 is 2.04 bits per heavy atom. The largest absolute Gasteiger partial charge is 0.378 e. The zero-order valence-electron chi connectivity index (χ0n) is 12.3. The number of hydrogen-bond acceptors (Lipinski definition) is 4. The van der Waals surface area contributed by atoms with Gasteiger partial charge < -0.3 is 15.0 Å². The fraction of sp³-hybridized carbons (Fsp3) is 0.250. The first-order chi connectivity index (χ1) is 11.1. The number of carbonyl (C=O) groups is 1. The Balaban J connectivity index is 1.76. The molecule has 0 spiro atoms. The topological polar surface area (TPSA) is 54.5 Å². The van der Waals surface area contributed by atoms with Crippen LogP contribution in [0.5, 0.6) is 0 Å². The summed E-state index contributed by atoms with van der Waals surface area (Å²) in [5.74, 6) is -0.123. The third-order valence-electron chi connectivity index (χ3n) is 3.46. The second-order valence-electron chi connectivity index (χ2n) is 5.07. The summed E-state index contributed by atoms with van der Waals surface area (Å²) in [5.41, 5.74) is 0.949. The van der Waals surface area contributed by atoms with E-state index >= 15 is 0 Å². The number of aromatic nitrogens is 1. The average Bonchev–Trinajstić information content (AvgIpc) is 2.58. The first-order valence-electron chi connectivity index (χ1n) is 7.19. The van der Waals surface area contributed by atoms with Crippen LogP contribution in [0.1, 0.15) is 10.5 Å². The molecule has 120 valence electrons. The lowest BCUT2D eigenvalue weighted by molar-refractivity contribution is 0.0299. The first kappa shape index (κ1) is 15.7. The van der Waals surface area contributed by atoms with E-state index < -0.39 is 5.82 Å². The maximum atomic E-state index is 13.2. The SMILES string of the molecule is O=C(c1cccc(Nc2ccc(F)c(Cl)c2)n1)N1CCOCC1. The zero-order chi connectivity index (χ0) is 16.2. The number of pyridine rings is 1. The summed E-state index contributed by atoms with van der Waals surface area (Å²) < 4.78 is 18.4. The van der Waals surface area contributed by atoms with Gasteiger partial charge in [0.25, 0.3) is 5.91 Å². The summed E-state index contributed by atoms with van der Waals surface area (Å²) in [5, 5.41) is 3.04. The van der Waals surface area contributed by atoms with Crippen LogP contribution in [0.15, 0.2) is 36.4 Å². The molecule has 5 nitrogen and oxygen atoms in total. The number of nitrogens with one attached hydrogen (secondary N) is 1. The van der Waals surface area contributed by atoms with Crippen molar-refractivity contribution in [2.45, 2.75) is 0 Å². The molecule has 2 aromatic rings. The molecule has 0 bridgehead atoms. The number of morpholine rings is 1. The molecular weight excluding hydrogens is 321 g/mol. The molecule has 1 saturated heterocycles. The lowest BCUT2D eigenvalue weighted by Gasteiger charge is -2.26. The molecule has 0 aliphatic carbocycles. The maximum Gasteiger partial charge on any atom is 0.272 e. The second kappa shape index (κ2) is 6.93. The number of halogens is 2. The van der Waals surface area contributed by atoms with E-state index in [9.17, 15) is 9.18 Å².